The Balaban J connectivity index is 1.22. The Kier molecular flexibility index (Phi) is 10.7. The summed E-state index contributed by atoms with van der Waals surface area (Å²) >= 11 is 0. The highest BCUT2D eigenvalue weighted by Gasteiger charge is 2.35. The molecule has 264 valence electrons. The van der Waals surface area contributed by atoms with Gasteiger partial charge in [-0.1, -0.05) is 54.6 Å². The zero-order chi connectivity index (χ0) is 35.9. The van der Waals surface area contributed by atoms with E-state index in [1.165, 1.54) is 12.0 Å². The lowest BCUT2D eigenvalue weighted by Gasteiger charge is -2.25. The Morgan fingerprint density at radius 2 is 1.63 bits per heavy atom. The molecule has 4 aromatic rings. The van der Waals surface area contributed by atoms with Crippen LogP contribution in [0, 0.1) is 0 Å². The van der Waals surface area contributed by atoms with Crippen molar-refractivity contribution in [1.29, 1.82) is 0 Å². The molecule has 2 aliphatic rings. The molecule has 51 heavy (non-hydrogen) atoms. The number of amides is 5. The van der Waals surface area contributed by atoms with Gasteiger partial charge in [0, 0.05) is 19.4 Å². The number of hydrogen-bond donors (Lipinski definition) is 3. The highest BCUT2D eigenvalue weighted by Crippen LogP contribution is 2.24. The van der Waals surface area contributed by atoms with E-state index in [2.05, 4.69) is 20.9 Å². The SMILES string of the molecule is COC(=O)[C@H]1CCc2nc3c(cccc3o2)C[C@@H](NC(=O)OCc2ccccc2)C(=O)N[C@H](CCCCN2C(=O)c3ccccc3C2=O)C(=O)N1. The Bertz CT molecular complexity index is 1930. The topological polar surface area (TPSA) is 186 Å². The molecule has 14 nitrogen and oxygen atoms in total. The number of nitrogens with one attached hydrogen (secondary N) is 3. The number of nitrogens with zero attached hydrogens (tertiary/aromatic N) is 2. The van der Waals surface area contributed by atoms with Crippen molar-refractivity contribution in [3.05, 3.63) is 101 Å². The van der Waals surface area contributed by atoms with Crippen LogP contribution in [0.2, 0.25) is 0 Å². The summed E-state index contributed by atoms with van der Waals surface area (Å²) in [5.74, 6) is -2.48. The van der Waals surface area contributed by atoms with E-state index < -0.39 is 42.0 Å². The standard InChI is InChI=1S/C37H37N5O9/c1-49-36(47)27-17-18-30-41-31-23(12-9-16-29(31)51-30)20-28(40-37(48)50-21-22-10-3-2-4-11-22)33(44)38-26(32(43)39-27)15-7-8-19-42-34(45)24-13-5-6-14-25(24)35(42)46/h2-6,9-14,16,26-28H,7-8,15,17-21H2,1H3,(H,38,44)(H,39,43)(H,40,48)/t26-,27-,28-/m1/s1. The first-order chi connectivity index (χ1) is 24.7. The number of unbranched alkanes of at least 4 members (excludes halogenated alkanes) is 1. The zero-order valence-corrected chi connectivity index (χ0v) is 27.9. The summed E-state index contributed by atoms with van der Waals surface area (Å²) in [7, 11) is 1.21. The lowest BCUT2D eigenvalue weighted by Crippen LogP contribution is -2.56. The number of alkyl carbamates (subject to hydrolysis) is 1. The monoisotopic (exact) mass is 695 g/mol. The van der Waals surface area contributed by atoms with Crippen molar-refractivity contribution in [2.75, 3.05) is 13.7 Å². The Morgan fingerprint density at radius 3 is 2.35 bits per heavy atom. The minimum Gasteiger partial charge on any atom is -0.467 e. The van der Waals surface area contributed by atoms with E-state index in [0.29, 0.717) is 46.5 Å². The fourth-order valence-electron chi connectivity index (χ4n) is 6.19. The smallest absolute Gasteiger partial charge is 0.408 e. The average molecular weight is 696 g/mol. The van der Waals surface area contributed by atoms with Crippen LogP contribution in [-0.4, -0.2) is 77.4 Å². The van der Waals surface area contributed by atoms with Gasteiger partial charge in [0.2, 0.25) is 11.8 Å². The van der Waals surface area contributed by atoms with Crippen LogP contribution in [0.25, 0.3) is 11.1 Å². The number of aromatic nitrogens is 1. The number of esters is 1. The van der Waals surface area contributed by atoms with Crippen molar-refractivity contribution in [3.63, 3.8) is 0 Å². The Morgan fingerprint density at radius 1 is 0.902 bits per heavy atom. The van der Waals surface area contributed by atoms with Crippen molar-refractivity contribution in [1.82, 2.24) is 25.8 Å². The van der Waals surface area contributed by atoms with Gasteiger partial charge in [0.05, 0.1) is 18.2 Å². The molecule has 0 fully saturated rings. The molecular weight excluding hydrogens is 658 g/mol. The molecule has 2 bridgehead atoms. The zero-order valence-electron chi connectivity index (χ0n) is 27.9. The van der Waals surface area contributed by atoms with E-state index in [-0.39, 0.29) is 50.6 Å². The Hall–Kier alpha value is -6.05. The van der Waals surface area contributed by atoms with Gasteiger partial charge in [-0.15, -0.1) is 0 Å². The normalized spacial score (nSPS) is 19.2. The number of imide groups is 1. The number of oxazole rings is 1. The van der Waals surface area contributed by atoms with Crippen LogP contribution in [0.5, 0.6) is 0 Å². The predicted molar refractivity (Wildman–Crippen MR) is 181 cm³/mol. The first kappa shape index (κ1) is 34.8. The third kappa shape index (κ3) is 8.06. The summed E-state index contributed by atoms with van der Waals surface area (Å²) in [6.07, 6.45) is 0.206. The molecule has 6 rings (SSSR count). The second-order valence-electron chi connectivity index (χ2n) is 12.3. The summed E-state index contributed by atoms with van der Waals surface area (Å²) in [5, 5.41) is 8.08. The van der Waals surface area contributed by atoms with Gasteiger partial charge in [0.25, 0.3) is 11.8 Å². The molecule has 3 aromatic carbocycles. The number of ether oxygens (including phenoxy) is 2. The van der Waals surface area contributed by atoms with Gasteiger partial charge in [-0.3, -0.25) is 24.1 Å². The quantitative estimate of drug-likeness (QED) is 0.133. The number of para-hydroxylation sites is 1. The van der Waals surface area contributed by atoms with E-state index in [1.807, 2.05) is 18.2 Å². The lowest BCUT2D eigenvalue weighted by molar-refractivity contribution is -0.145. The van der Waals surface area contributed by atoms with Crippen LogP contribution in [0.1, 0.15) is 63.4 Å². The molecule has 14 heteroatoms. The molecule has 0 radical (unpaired) electrons. The largest absolute Gasteiger partial charge is 0.467 e. The molecule has 3 atom stereocenters. The summed E-state index contributed by atoms with van der Waals surface area (Å²) in [6.45, 7) is 0.0778. The fraction of sp³-hybridized carbons (Fsp3) is 0.324. The fourth-order valence-corrected chi connectivity index (χ4v) is 6.19. The van der Waals surface area contributed by atoms with E-state index >= 15 is 0 Å². The van der Waals surface area contributed by atoms with Crippen LogP contribution in [0.3, 0.4) is 0 Å². The van der Waals surface area contributed by atoms with Gasteiger partial charge in [-0.05, 0) is 55.0 Å². The van der Waals surface area contributed by atoms with Crippen molar-refractivity contribution >= 4 is 46.8 Å². The predicted octanol–water partition coefficient (Wildman–Crippen LogP) is 3.22. The number of methoxy groups -OCH3 is 1. The summed E-state index contributed by atoms with van der Waals surface area (Å²) in [5.41, 5.74) is 2.98. The van der Waals surface area contributed by atoms with E-state index in [4.69, 9.17) is 13.9 Å². The van der Waals surface area contributed by atoms with Crippen molar-refractivity contribution in [2.24, 2.45) is 0 Å². The minimum atomic E-state index is -1.20. The molecule has 0 aliphatic carbocycles. The number of carbonyl (C=O) groups excluding carboxylic acids is 6. The van der Waals surface area contributed by atoms with Gasteiger partial charge >= 0.3 is 12.1 Å². The number of hydrogen-bond acceptors (Lipinski definition) is 10. The third-order valence-electron chi connectivity index (χ3n) is 8.88. The van der Waals surface area contributed by atoms with Crippen LogP contribution in [-0.2, 0) is 43.3 Å². The van der Waals surface area contributed by atoms with E-state index in [0.717, 1.165) is 5.56 Å². The van der Waals surface area contributed by atoms with Gasteiger partial charge in [0.1, 0.15) is 30.2 Å². The highest BCUT2D eigenvalue weighted by atomic mass is 16.5. The maximum atomic E-state index is 14.0. The number of rotatable bonds is 9. The molecule has 0 spiro atoms. The number of carbonyl (C=O) groups is 6. The molecule has 5 amide bonds. The molecule has 0 saturated carbocycles. The second kappa shape index (κ2) is 15.7. The average Bonchev–Trinajstić information content (AvgIpc) is 3.67. The van der Waals surface area contributed by atoms with Crippen LogP contribution < -0.4 is 16.0 Å². The second-order valence-corrected chi connectivity index (χ2v) is 12.3. The molecule has 1 aromatic heterocycles. The third-order valence-corrected chi connectivity index (χ3v) is 8.88. The molecule has 0 saturated heterocycles. The Labute approximate surface area is 292 Å². The number of benzene rings is 3. The highest BCUT2D eigenvalue weighted by molar-refractivity contribution is 6.21. The van der Waals surface area contributed by atoms with Crippen LogP contribution in [0.4, 0.5) is 4.79 Å². The first-order valence-electron chi connectivity index (χ1n) is 16.7. The lowest BCUT2D eigenvalue weighted by atomic mass is 10.0. The van der Waals surface area contributed by atoms with Crippen molar-refractivity contribution in [3.8, 4) is 0 Å². The molecule has 0 unspecified atom stereocenters. The van der Waals surface area contributed by atoms with Gasteiger partial charge < -0.3 is 29.8 Å². The van der Waals surface area contributed by atoms with Crippen molar-refractivity contribution in [2.45, 2.75) is 63.3 Å². The van der Waals surface area contributed by atoms with Crippen molar-refractivity contribution < 1.29 is 42.7 Å². The minimum absolute atomic E-state index is 0.00551. The molecule has 3 N–H and O–H groups in total. The van der Waals surface area contributed by atoms with Gasteiger partial charge in [-0.2, -0.15) is 0 Å². The summed E-state index contributed by atoms with van der Waals surface area (Å²) in [6, 6.07) is 17.4. The van der Waals surface area contributed by atoms with Crippen LogP contribution in [0.15, 0.2) is 77.2 Å². The van der Waals surface area contributed by atoms with E-state index in [9.17, 15) is 28.8 Å². The number of aryl methyl sites for hydroxylation is 1. The first-order valence-corrected chi connectivity index (χ1v) is 16.7. The van der Waals surface area contributed by atoms with Gasteiger partial charge in [0.15, 0.2) is 11.5 Å². The van der Waals surface area contributed by atoms with Gasteiger partial charge in [-0.25, -0.2) is 14.6 Å². The summed E-state index contributed by atoms with van der Waals surface area (Å²) in [4.78, 5) is 84.9. The molecule has 2 aliphatic heterocycles. The maximum Gasteiger partial charge on any atom is 0.408 e. The van der Waals surface area contributed by atoms with E-state index in [1.54, 1.807) is 54.6 Å². The summed E-state index contributed by atoms with van der Waals surface area (Å²) < 4.78 is 16.3. The molecule has 3 heterocycles. The maximum absolute atomic E-state index is 14.0. The number of fused-ring (bicyclic) bond motifs is 2. The van der Waals surface area contributed by atoms with Crippen LogP contribution >= 0.6 is 0 Å². The molecular formula is C37H37N5O9.